The number of nitrogens with one attached hydrogen (secondary N) is 1. The maximum Gasteiger partial charge on any atom is 0.418 e. The molecule has 2 aromatic carbocycles. The smallest absolute Gasteiger partial charge is 0.385 e. The van der Waals surface area contributed by atoms with Gasteiger partial charge in [0.25, 0.3) is 0 Å². The molecule has 1 N–H and O–H groups in total. The van der Waals surface area contributed by atoms with Crippen molar-refractivity contribution in [3.63, 3.8) is 0 Å². The summed E-state index contributed by atoms with van der Waals surface area (Å²) in [5.74, 6) is -1.47. The highest BCUT2D eigenvalue weighted by Gasteiger charge is 2.42. The van der Waals surface area contributed by atoms with Crippen LogP contribution in [0.15, 0.2) is 30.3 Å². The summed E-state index contributed by atoms with van der Waals surface area (Å²) in [5.41, 5.74) is 3.50. The minimum atomic E-state index is -4.46. The zero-order chi connectivity index (χ0) is 22.2. The molecular formula is C24H26F3NO2. The summed E-state index contributed by atoms with van der Waals surface area (Å²) in [6, 6.07) is 8.05. The fraction of sp³-hybridized carbons (Fsp3) is 0.417. The van der Waals surface area contributed by atoms with E-state index in [2.05, 4.69) is 5.32 Å². The molecule has 0 heterocycles. The molecule has 1 saturated carbocycles. The van der Waals surface area contributed by atoms with Gasteiger partial charge in [0, 0.05) is 24.6 Å². The molecule has 0 aromatic heterocycles. The van der Waals surface area contributed by atoms with Crippen LogP contribution in [0.2, 0.25) is 0 Å². The van der Waals surface area contributed by atoms with Crippen LogP contribution in [-0.4, -0.2) is 18.1 Å². The van der Waals surface area contributed by atoms with Crippen LogP contribution in [-0.2, 0) is 15.8 Å². The Kier molecular flexibility index (Phi) is 6.06. The minimum Gasteiger partial charge on any atom is -0.385 e. The summed E-state index contributed by atoms with van der Waals surface area (Å²) in [6.45, 7) is 7.57. The van der Waals surface area contributed by atoms with Crippen LogP contribution in [0.1, 0.15) is 52.1 Å². The second-order valence-electron chi connectivity index (χ2n) is 8.28. The van der Waals surface area contributed by atoms with Crippen molar-refractivity contribution in [2.24, 2.45) is 5.92 Å². The lowest BCUT2D eigenvalue weighted by atomic mass is 9.86. The number of hydrogen-bond donors (Lipinski definition) is 1. The summed E-state index contributed by atoms with van der Waals surface area (Å²) in [6.07, 6.45) is -4.01. The van der Waals surface area contributed by atoms with Gasteiger partial charge in [0.2, 0.25) is 0 Å². The lowest BCUT2D eigenvalue weighted by molar-refractivity contribution is -0.137. The van der Waals surface area contributed by atoms with Gasteiger partial charge in [0.1, 0.15) is 11.7 Å². The van der Waals surface area contributed by atoms with E-state index in [1.165, 1.54) is 6.07 Å². The van der Waals surface area contributed by atoms with Gasteiger partial charge in [-0.2, -0.15) is 13.2 Å². The summed E-state index contributed by atoms with van der Waals surface area (Å²) in [4.78, 5) is 25.6. The Morgan fingerprint density at radius 2 is 1.60 bits per heavy atom. The molecule has 3 rings (SSSR count). The summed E-state index contributed by atoms with van der Waals surface area (Å²) < 4.78 is 39.8. The highest BCUT2D eigenvalue weighted by molar-refractivity contribution is 6.15. The fourth-order valence-corrected chi connectivity index (χ4v) is 4.48. The average Bonchev–Trinajstić information content (AvgIpc) is 2.89. The van der Waals surface area contributed by atoms with E-state index in [4.69, 9.17) is 0 Å². The molecule has 0 radical (unpaired) electrons. The molecule has 30 heavy (non-hydrogen) atoms. The van der Waals surface area contributed by atoms with Gasteiger partial charge in [0.15, 0.2) is 5.78 Å². The number of aryl methyl sites for hydroxylation is 4. The van der Waals surface area contributed by atoms with Gasteiger partial charge >= 0.3 is 6.18 Å². The van der Waals surface area contributed by atoms with Crippen molar-refractivity contribution in [1.29, 1.82) is 0 Å². The Morgan fingerprint density at radius 1 is 0.967 bits per heavy atom. The molecule has 2 aromatic rings. The van der Waals surface area contributed by atoms with Crippen molar-refractivity contribution in [3.8, 4) is 0 Å². The first-order valence-corrected chi connectivity index (χ1v) is 10.0. The Bertz CT molecular complexity index is 971. The standard InChI is InChI=1S/C24H26F3NO2/c1-13-5-6-19(18(11-13)24(25,26)27)28-8-7-17-12-20(29)22(23(17)30)21-15(3)9-14(2)10-16(21)4/h5-6,9-11,17,22,28H,7-8,12H2,1-4H3. The van der Waals surface area contributed by atoms with Gasteiger partial charge in [-0.15, -0.1) is 0 Å². The second kappa shape index (κ2) is 8.25. The highest BCUT2D eigenvalue weighted by Crippen LogP contribution is 2.38. The third kappa shape index (κ3) is 4.42. The molecule has 0 bridgehead atoms. The van der Waals surface area contributed by atoms with Gasteiger partial charge in [0.05, 0.1) is 5.56 Å². The van der Waals surface area contributed by atoms with Gasteiger partial charge in [-0.25, -0.2) is 0 Å². The molecule has 1 fully saturated rings. The number of halogens is 3. The highest BCUT2D eigenvalue weighted by atomic mass is 19.4. The average molecular weight is 417 g/mol. The summed E-state index contributed by atoms with van der Waals surface area (Å²) in [7, 11) is 0. The third-order valence-corrected chi connectivity index (χ3v) is 5.77. The number of hydrogen-bond acceptors (Lipinski definition) is 3. The van der Waals surface area contributed by atoms with E-state index in [0.717, 1.165) is 28.3 Å². The van der Waals surface area contributed by atoms with Crippen LogP contribution in [0.25, 0.3) is 0 Å². The Hall–Kier alpha value is -2.63. The first-order valence-electron chi connectivity index (χ1n) is 10.0. The number of rotatable bonds is 5. The van der Waals surface area contributed by atoms with Crippen molar-refractivity contribution in [1.82, 2.24) is 0 Å². The maximum absolute atomic E-state index is 13.3. The third-order valence-electron chi connectivity index (χ3n) is 5.77. The number of benzene rings is 2. The molecule has 0 spiro atoms. The molecule has 1 aliphatic rings. The molecule has 1 aliphatic carbocycles. The number of alkyl halides is 3. The molecule has 3 nitrogen and oxygen atoms in total. The van der Waals surface area contributed by atoms with Gasteiger partial charge in [-0.05, 0) is 62.9 Å². The van der Waals surface area contributed by atoms with Crippen LogP contribution in [0.4, 0.5) is 18.9 Å². The molecule has 6 heteroatoms. The van der Waals surface area contributed by atoms with Crippen molar-refractivity contribution >= 4 is 17.3 Å². The lowest BCUT2D eigenvalue weighted by Gasteiger charge is -2.17. The number of Topliss-reactive ketones (excluding diaryl/α,β-unsaturated/α-hetero) is 2. The van der Waals surface area contributed by atoms with E-state index in [-0.39, 0.29) is 30.2 Å². The van der Waals surface area contributed by atoms with Crippen LogP contribution in [0.3, 0.4) is 0 Å². The van der Waals surface area contributed by atoms with Crippen LogP contribution >= 0.6 is 0 Å². The number of anilines is 1. The van der Waals surface area contributed by atoms with E-state index in [1.54, 1.807) is 13.0 Å². The molecule has 2 atom stereocenters. The summed E-state index contributed by atoms with van der Waals surface area (Å²) in [5, 5.41) is 2.81. The molecule has 0 aliphatic heterocycles. The Balaban J connectivity index is 1.72. The van der Waals surface area contributed by atoms with Crippen molar-refractivity contribution in [2.45, 2.75) is 52.6 Å². The lowest BCUT2D eigenvalue weighted by Crippen LogP contribution is -2.19. The van der Waals surface area contributed by atoms with Crippen LogP contribution < -0.4 is 5.32 Å². The number of carbonyl (C=O) groups excluding carboxylic acids is 2. The molecule has 0 amide bonds. The first kappa shape index (κ1) is 22.1. The van der Waals surface area contributed by atoms with Gasteiger partial charge in [-0.3, -0.25) is 9.59 Å². The maximum atomic E-state index is 13.3. The van der Waals surface area contributed by atoms with Crippen LogP contribution in [0.5, 0.6) is 0 Å². The zero-order valence-corrected chi connectivity index (χ0v) is 17.6. The van der Waals surface area contributed by atoms with E-state index in [0.29, 0.717) is 12.0 Å². The second-order valence-corrected chi connectivity index (χ2v) is 8.28. The predicted octanol–water partition coefficient (Wildman–Crippen LogP) is 5.68. The number of ketones is 2. The first-order chi connectivity index (χ1) is 14.0. The summed E-state index contributed by atoms with van der Waals surface area (Å²) >= 11 is 0. The molecule has 0 saturated heterocycles. The van der Waals surface area contributed by atoms with Crippen molar-refractivity contribution < 1.29 is 22.8 Å². The van der Waals surface area contributed by atoms with Gasteiger partial charge < -0.3 is 5.32 Å². The zero-order valence-electron chi connectivity index (χ0n) is 17.6. The predicted molar refractivity (Wildman–Crippen MR) is 111 cm³/mol. The topological polar surface area (TPSA) is 46.2 Å². The molecule has 2 unspecified atom stereocenters. The monoisotopic (exact) mass is 417 g/mol. The number of carbonyl (C=O) groups is 2. The van der Waals surface area contributed by atoms with E-state index >= 15 is 0 Å². The van der Waals surface area contributed by atoms with E-state index in [9.17, 15) is 22.8 Å². The van der Waals surface area contributed by atoms with Crippen molar-refractivity contribution in [3.05, 3.63) is 63.7 Å². The van der Waals surface area contributed by atoms with Gasteiger partial charge in [-0.1, -0.05) is 29.3 Å². The Labute approximate surface area is 174 Å². The molecule has 160 valence electrons. The normalized spacial score (nSPS) is 19.4. The Morgan fingerprint density at radius 3 is 2.20 bits per heavy atom. The van der Waals surface area contributed by atoms with E-state index in [1.807, 2.05) is 32.9 Å². The van der Waals surface area contributed by atoms with Crippen LogP contribution in [0, 0.1) is 33.6 Å². The fourth-order valence-electron chi connectivity index (χ4n) is 4.48. The van der Waals surface area contributed by atoms with Crippen molar-refractivity contribution in [2.75, 3.05) is 11.9 Å². The molecular weight excluding hydrogens is 391 g/mol. The largest absolute Gasteiger partial charge is 0.418 e. The minimum absolute atomic E-state index is 0.00774. The SMILES string of the molecule is Cc1cc(C)c(C2C(=O)CC(CCNc3ccc(C)cc3C(F)(F)F)C2=O)c(C)c1. The van der Waals surface area contributed by atoms with E-state index < -0.39 is 23.6 Å². The quantitative estimate of drug-likeness (QED) is 0.637.